The zero-order valence-electron chi connectivity index (χ0n) is 8.28. The number of hydrogen-bond acceptors (Lipinski definition) is 2. The standard InChI is InChI=1S/C11H12BrN3/c12-11-14-7-9-2-1-3-10(15(9)11)8-4-5-13-6-8/h1-3,7-8,13H,4-6H2. The number of imidazole rings is 1. The lowest BCUT2D eigenvalue weighted by Gasteiger charge is -2.12. The van der Waals surface area contributed by atoms with Crippen molar-refractivity contribution in [3.05, 3.63) is 34.8 Å². The highest BCUT2D eigenvalue weighted by molar-refractivity contribution is 9.10. The van der Waals surface area contributed by atoms with Crippen molar-refractivity contribution in [2.75, 3.05) is 13.1 Å². The summed E-state index contributed by atoms with van der Waals surface area (Å²) >= 11 is 3.50. The van der Waals surface area contributed by atoms with Crippen molar-refractivity contribution >= 4 is 21.4 Å². The van der Waals surface area contributed by atoms with Gasteiger partial charge in [0.15, 0.2) is 4.73 Å². The van der Waals surface area contributed by atoms with Crippen LogP contribution in [0.1, 0.15) is 18.0 Å². The Morgan fingerprint density at radius 3 is 3.20 bits per heavy atom. The lowest BCUT2D eigenvalue weighted by Crippen LogP contribution is -2.10. The zero-order valence-corrected chi connectivity index (χ0v) is 9.87. The molecule has 1 unspecified atom stereocenters. The van der Waals surface area contributed by atoms with E-state index in [0.717, 1.165) is 23.3 Å². The van der Waals surface area contributed by atoms with Crippen LogP contribution in [0, 0.1) is 0 Å². The molecule has 1 N–H and O–H groups in total. The highest BCUT2D eigenvalue weighted by Crippen LogP contribution is 2.25. The first-order valence-corrected chi connectivity index (χ1v) is 5.98. The summed E-state index contributed by atoms with van der Waals surface area (Å²) in [6.45, 7) is 2.19. The second-order valence-electron chi connectivity index (χ2n) is 3.93. The summed E-state index contributed by atoms with van der Waals surface area (Å²) in [7, 11) is 0. The molecule has 1 aliphatic rings. The van der Waals surface area contributed by atoms with Crippen LogP contribution in [0.15, 0.2) is 29.1 Å². The van der Waals surface area contributed by atoms with Gasteiger partial charge in [0.25, 0.3) is 0 Å². The average Bonchev–Trinajstić information content (AvgIpc) is 2.88. The van der Waals surface area contributed by atoms with Crippen molar-refractivity contribution < 1.29 is 0 Å². The molecule has 0 aromatic carbocycles. The Labute approximate surface area is 96.6 Å². The van der Waals surface area contributed by atoms with Crippen LogP contribution in [0.25, 0.3) is 5.52 Å². The van der Waals surface area contributed by atoms with E-state index in [1.54, 1.807) is 0 Å². The predicted octanol–water partition coefficient (Wildman–Crippen LogP) is 2.17. The molecule has 2 aromatic heterocycles. The van der Waals surface area contributed by atoms with E-state index < -0.39 is 0 Å². The molecule has 0 bridgehead atoms. The molecule has 3 nitrogen and oxygen atoms in total. The number of pyridine rings is 1. The van der Waals surface area contributed by atoms with Gasteiger partial charge in [-0.1, -0.05) is 6.07 Å². The number of halogens is 1. The molecule has 0 radical (unpaired) electrons. The van der Waals surface area contributed by atoms with E-state index >= 15 is 0 Å². The Balaban J connectivity index is 2.19. The van der Waals surface area contributed by atoms with Crippen LogP contribution >= 0.6 is 15.9 Å². The van der Waals surface area contributed by atoms with Gasteiger partial charge >= 0.3 is 0 Å². The summed E-state index contributed by atoms with van der Waals surface area (Å²) in [4.78, 5) is 4.29. The highest BCUT2D eigenvalue weighted by Gasteiger charge is 2.19. The lowest BCUT2D eigenvalue weighted by molar-refractivity contribution is 0.717. The van der Waals surface area contributed by atoms with Crippen LogP contribution in [0.5, 0.6) is 0 Å². The molecule has 0 aliphatic carbocycles. The van der Waals surface area contributed by atoms with Gasteiger partial charge in [-0.3, -0.25) is 4.40 Å². The van der Waals surface area contributed by atoms with Crippen molar-refractivity contribution in [2.45, 2.75) is 12.3 Å². The second-order valence-corrected chi connectivity index (χ2v) is 4.64. The number of aromatic nitrogens is 2. The molecule has 1 atom stereocenters. The van der Waals surface area contributed by atoms with E-state index in [1.165, 1.54) is 12.1 Å². The fourth-order valence-electron chi connectivity index (χ4n) is 2.26. The van der Waals surface area contributed by atoms with Crippen LogP contribution < -0.4 is 5.32 Å². The maximum absolute atomic E-state index is 4.29. The highest BCUT2D eigenvalue weighted by atomic mass is 79.9. The smallest absolute Gasteiger partial charge is 0.181 e. The minimum atomic E-state index is 0.610. The Kier molecular flexibility index (Phi) is 2.25. The van der Waals surface area contributed by atoms with Crippen molar-refractivity contribution in [1.82, 2.24) is 14.7 Å². The van der Waals surface area contributed by atoms with Gasteiger partial charge in [0, 0.05) is 18.2 Å². The van der Waals surface area contributed by atoms with Crippen molar-refractivity contribution in [3.63, 3.8) is 0 Å². The number of rotatable bonds is 1. The molecular formula is C11H12BrN3. The van der Waals surface area contributed by atoms with E-state index in [0.29, 0.717) is 5.92 Å². The van der Waals surface area contributed by atoms with Crippen LogP contribution in [-0.4, -0.2) is 22.5 Å². The Morgan fingerprint density at radius 1 is 1.47 bits per heavy atom. The molecular weight excluding hydrogens is 254 g/mol. The quantitative estimate of drug-likeness (QED) is 0.857. The summed E-state index contributed by atoms with van der Waals surface area (Å²) in [5, 5.41) is 3.40. The summed E-state index contributed by atoms with van der Waals surface area (Å²) in [5.41, 5.74) is 2.51. The topological polar surface area (TPSA) is 29.3 Å². The molecule has 15 heavy (non-hydrogen) atoms. The lowest BCUT2D eigenvalue weighted by atomic mass is 10.0. The summed E-state index contributed by atoms with van der Waals surface area (Å²) in [6.07, 6.45) is 3.11. The summed E-state index contributed by atoms with van der Waals surface area (Å²) in [6, 6.07) is 6.39. The van der Waals surface area contributed by atoms with Crippen LogP contribution in [0.4, 0.5) is 0 Å². The number of fused-ring (bicyclic) bond motifs is 1. The van der Waals surface area contributed by atoms with Crippen LogP contribution in [0.2, 0.25) is 0 Å². The molecule has 1 saturated heterocycles. The second kappa shape index (κ2) is 3.61. The SMILES string of the molecule is Brc1ncc2cccc(C3CCNC3)n12. The van der Waals surface area contributed by atoms with E-state index in [4.69, 9.17) is 0 Å². The third kappa shape index (κ3) is 1.48. The van der Waals surface area contributed by atoms with Crippen molar-refractivity contribution in [3.8, 4) is 0 Å². The fourth-order valence-corrected chi connectivity index (χ4v) is 2.77. The molecule has 3 rings (SSSR count). The minimum Gasteiger partial charge on any atom is -0.316 e. The van der Waals surface area contributed by atoms with Gasteiger partial charge in [-0.25, -0.2) is 4.98 Å². The third-order valence-electron chi connectivity index (χ3n) is 3.02. The van der Waals surface area contributed by atoms with Gasteiger partial charge in [0.05, 0.1) is 11.7 Å². The van der Waals surface area contributed by atoms with Gasteiger partial charge in [0.1, 0.15) is 0 Å². The average molecular weight is 266 g/mol. The van der Waals surface area contributed by atoms with Gasteiger partial charge < -0.3 is 5.32 Å². The van der Waals surface area contributed by atoms with Gasteiger partial charge in [-0.15, -0.1) is 0 Å². The first kappa shape index (κ1) is 9.36. The van der Waals surface area contributed by atoms with Crippen molar-refractivity contribution in [2.24, 2.45) is 0 Å². The third-order valence-corrected chi connectivity index (χ3v) is 3.58. The monoisotopic (exact) mass is 265 g/mol. The number of nitrogens with zero attached hydrogens (tertiary/aromatic N) is 2. The maximum Gasteiger partial charge on any atom is 0.181 e. The molecule has 0 amide bonds. The molecule has 3 heterocycles. The zero-order chi connectivity index (χ0) is 10.3. The number of hydrogen-bond donors (Lipinski definition) is 1. The Bertz CT molecular complexity index is 486. The first-order valence-electron chi connectivity index (χ1n) is 5.19. The fraction of sp³-hybridized carbons (Fsp3) is 0.364. The van der Waals surface area contributed by atoms with Crippen molar-refractivity contribution in [1.29, 1.82) is 0 Å². The minimum absolute atomic E-state index is 0.610. The van der Waals surface area contributed by atoms with Crippen LogP contribution in [-0.2, 0) is 0 Å². The Morgan fingerprint density at radius 2 is 2.40 bits per heavy atom. The predicted molar refractivity (Wildman–Crippen MR) is 63.1 cm³/mol. The van der Waals surface area contributed by atoms with Crippen LogP contribution in [0.3, 0.4) is 0 Å². The largest absolute Gasteiger partial charge is 0.316 e. The van der Waals surface area contributed by atoms with E-state index in [2.05, 4.69) is 48.8 Å². The molecule has 1 fully saturated rings. The maximum atomic E-state index is 4.29. The molecule has 0 spiro atoms. The molecule has 1 aliphatic heterocycles. The molecule has 0 saturated carbocycles. The molecule has 78 valence electrons. The summed E-state index contributed by atoms with van der Waals surface area (Å²) in [5.74, 6) is 0.610. The first-order chi connectivity index (χ1) is 7.36. The van der Waals surface area contributed by atoms with E-state index in [9.17, 15) is 0 Å². The van der Waals surface area contributed by atoms with E-state index in [1.807, 2.05) is 6.20 Å². The summed E-state index contributed by atoms with van der Waals surface area (Å²) < 4.78 is 3.09. The molecule has 4 heteroatoms. The number of nitrogens with one attached hydrogen (secondary N) is 1. The van der Waals surface area contributed by atoms with Gasteiger partial charge in [-0.05, 0) is 41.0 Å². The Hall–Kier alpha value is -0.870. The van der Waals surface area contributed by atoms with E-state index in [-0.39, 0.29) is 0 Å². The normalized spacial score (nSPS) is 21.3. The van der Waals surface area contributed by atoms with Gasteiger partial charge in [-0.2, -0.15) is 0 Å². The van der Waals surface area contributed by atoms with Gasteiger partial charge in [0.2, 0.25) is 0 Å². The molecule has 2 aromatic rings.